The number of nitrogens with zero attached hydrogens (tertiary/aromatic N) is 3. The Morgan fingerprint density at radius 1 is 1.53 bits per heavy atom. The Balaban J connectivity index is 2.31. The van der Waals surface area contributed by atoms with Crippen LogP contribution in [0.3, 0.4) is 0 Å². The molecule has 1 rings (SSSR count). The molecule has 0 aliphatic rings. The van der Waals surface area contributed by atoms with Gasteiger partial charge in [-0.3, -0.25) is 14.3 Å². The number of carbonyl (C=O) groups excluding carboxylic acids is 1. The number of aliphatic carboxylic acids is 1. The van der Waals surface area contributed by atoms with E-state index in [0.29, 0.717) is 25.1 Å². The first-order chi connectivity index (χ1) is 9.02. The Morgan fingerprint density at radius 3 is 2.89 bits per heavy atom. The van der Waals surface area contributed by atoms with E-state index >= 15 is 0 Å². The second-order valence-corrected chi connectivity index (χ2v) is 4.16. The minimum Gasteiger partial charge on any atom is -0.480 e. The summed E-state index contributed by atoms with van der Waals surface area (Å²) in [6.07, 6.45) is 3.67. The van der Waals surface area contributed by atoms with Crippen LogP contribution in [0, 0.1) is 0 Å². The molecule has 1 heterocycles. The van der Waals surface area contributed by atoms with Crippen LogP contribution in [0.4, 0.5) is 0 Å². The van der Waals surface area contributed by atoms with Gasteiger partial charge in [0.25, 0.3) is 0 Å². The zero-order valence-electron chi connectivity index (χ0n) is 10.8. The Hall–Kier alpha value is -1.96. The van der Waals surface area contributed by atoms with Gasteiger partial charge in [0.2, 0.25) is 0 Å². The summed E-state index contributed by atoms with van der Waals surface area (Å²) in [5.41, 5.74) is 5.94. The normalized spacial score (nSPS) is 12.1. The highest BCUT2D eigenvalue weighted by atomic mass is 16.5. The molecular formula is C11H18N4O4. The van der Waals surface area contributed by atoms with Crippen molar-refractivity contribution < 1.29 is 19.4 Å². The lowest BCUT2D eigenvalue weighted by atomic mass is 10.2. The van der Waals surface area contributed by atoms with Crippen molar-refractivity contribution in [1.29, 1.82) is 0 Å². The molecule has 3 N–H and O–H groups in total. The molecule has 0 amide bonds. The van der Waals surface area contributed by atoms with Gasteiger partial charge in [0.05, 0.1) is 12.8 Å². The van der Waals surface area contributed by atoms with Gasteiger partial charge in [-0.15, -0.1) is 5.10 Å². The summed E-state index contributed by atoms with van der Waals surface area (Å²) in [6, 6.07) is -0.968. The van der Waals surface area contributed by atoms with Crippen LogP contribution in [0.15, 0.2) is 6.20 Å². The summed E-state index contributed by atoms with van der Waals surface area (Å²) in [7, 11) is 1.36. The zero-order valence-corrected chi connectivity index (χ0v) is 10.8. The fraction of sp³-hybridized carbons (Fsp3) is 0.636. The number of aromatic nitrogens is 3. The lowest BCUT2D eigenvalue weighted by Gasteiger charge is -2.02. The molecule has 0 bridgehead atoms. The van der Waals surface area contributed by atoms with Gasteiger partial charge in [-0.1, -0.05) is 5.21 Å². The number of methoxy groups -OCH3 is 1. The van der Waals surface area contributed by atoms with E-state index < -0.39 is 12.0 Å². The molecule has 0 saturated carbocycles. The van der Waals surface area contributed by atoms with Crippen molar-refractivity contribution in [2.75, 3.05) is 7.11 Å². The number of nitrogens with two attached hydrogens (primary N) is 1. The molecule has 0 radical (unpaired) electrons. The standard InChI is InChI=1S/C11H18N4O4/c1-19-10(16)4-2-3-5-15-7-8(13-14-15)6-9(12)11(17)18/h7,9H,2-6,12H2,1H3,(H,17,18)/t9-/m0/s1. The topological polar surface area (TPSA) is 120 Å². The van der Waals surface area contributed by atoms with E-state index in [1.807, 2.05) is 0 Å². The first kappa shape index (κ1) is 15.1. The predicted octanol–water partition coefficient (Wildman–Crippen LogP) is -0.424. The molecular weight excluding hydrogens is 252 g/mol. The number of carboxylic acids is 1. The van der Waals surface area contributed by atoms with Crippen LogP contribution in [0.2, 0.25) is 0 Å². The second-order valence-electron chi connectivity index (χ2n) is 4.16. The monoisotopic (exact) mass is 270 g/mol. The summed E-state index contributed by atoms with van der Waals surface area (Å²) in [6.45, 7) is 0.617. The third kappa shape index (κ3) is 5.47. The third-order valence-electron chi connectivity index (χ3n) is 2.58. The predicted molar refractivity (Wildman–Crippen MR) is 65.2 cm³/mol. The first-order valence-electron chi connectivity index (χ1n) is 5.97. The summed E-state index contributed by atoms with van der Waals surface area (Å²) < 4.78 is 6.14. The van der Waals surface area contributed by atoms with Crippen molar-refractivity contribution >= 4 is 11.9 Å². The lowest BCUT2D eigenvalue weighted by molar-refractivity contribution is -0.141. The van der Waals surface area contributed by atoms with Gasteiger partial charge in [-0.2, -0.15) is 0 Å². The van der Waals surface area contributed by atoms with Crippen LogP contribution >= 0.6 is 0 Å². The molecule has 0 unspecified atom stereocenters. The van der Waals surface area contributed by atoms with E-state index in [2.05, 4.69) is 15.0 Å². The molecule has 19 heavy (non-hydrogen) atoms. The fourth-order valence-electron chi connectivity index (χ4n) is 1.50. The third-order valence-corrected chi connectivity index (χ3v) is 2.58. The number of rotatable bonds is 8. The Bertz CT molecular complexity index is 432. The Kier molecular flexibility index (Phi) is 5.94. The largest absolute Gasteiger partial charge is 0.480 e. The molecule has 106 valence electrons. The molecule has 8 nitrogen and oxygen atoms in total. The van der Waals surface area contributed by atoms with Crippen LogP contribution in [-0.2, 0) is 27.3 Å². The van der Waals surface area contributed by atoms with Crippen molar-refractivity contribution in [3.05, 3.63) is 11.9 Å². The number of aryl methyl sites for hydroxylation is 1. The van der Waals surface area contributed by atoms with Gasteiger partial charge in [0.15, 0.2) is 0 Å². The quantitative estimate of drug-likeness (QED) is 0.486. The molecule has 1 aromatic heterocycles. The molecule has 0 fully saturated rings. The molecule has 1 aromatic rings. The van der Waals surface area contributed by atoms with Crippen LogP contribution < -0.4 is 5.73 Å². The van der Waals surface area contributed by atoms with Crippen LogP contribution in [0.5, 0.6) is 0 Å². The van der Waals surface area contributed by atoms with E-state index in [1.165, 1.54) is 7.11 Å². The highest BCUT2D eigenvalue weighted by molar-refractivity contribution is 5.73. The van der Waals surface area contributed by atoms with E-state index in [-0.39, 0.29) is 12.4 Å². The molecule has 8 heteroatoms. The van der Waals surface area contributed by atoms with Crippen molar-refractivity contribution in [2.45, 2.75) is 38.3 Å². The summed E-state index contributed by atoms with van der Waals surface area (Å²) in [4.78, 5) is 21.5. The van der Waals surface area contributed by atoms with Gasteiger partial charge in [-0.05, 0) is 12.8 Å². The van der Waals surface area contributed by atoms with E-state index in [4.69, 9.17) is 10.8 Å². The number of ether oxygens (including phenoxy) is 1. The number of carboxylic acid groups (broad SMARTS) is 1. The number of hydrogen-bond acceptors (Lipinski definition) is 6. The number of esters is 1. The molecule has 0 saturated heterocycles. The van der Waals surface area contributed by atoms with Gasteiger partial charge in [0, 0.05) is 25.6 Å². The number of carbonyl (C=O) groups is 2. The number of hydrogen-bond donors (Lipinski definition) is 2. The van der Waals surface area contributed by atoms with Gasteiger partial charge in [0.1, 0.15) is 6.04 Å². The number of unbranched alkanes of at least 4 members (excludes halogenated alkanes) is 1. The smallest absolute Gasteiger partial charge is 0.320 e. The van der Waals surface area contributed by atoms with Gasteiger partial charge in [-0.25, -0.2) is 0 Å². The molecule has 1 atom stereocenters. The fourth-order valence-corrected chi connectivity index (χ4v) is 1.50. The van der Waals surface area contributed by atoms with Crippen molar-refractivity contribution in [3.8, 4) is 0 Å². The van der Waals surface area contributed by atoms with E-state index in [0.717, 1.165) is 6.42 Å². The summed E-state index contributed by atoms with van der Waals surface area (Å²) in [5, 5.41) is 16.4. The molecule has 0 aliphatic heterocycles. The minimum atomic E-state index is -1.06. The second kappa shape index (κ2) is 7.47. The van der Waals surface area contributed by atoms with Crippen molar-refractivity contribution in [1.82, 2.24) is 15.0 Å². The van der Waals surface area contributed by atoms with Gasteiger partial charge >= 0.3 is 11.9 Å². The van der Waals surface area contributed by atoms with Crippen LogP contribution in [-0.4, -0.2) is 45.2 Å². The van der Waals surface area contributed by atoms with E-state index in [9.17, 15) is 9.59 Å². The maximum absolute atomic E-state index is 10.9. The summed E-state index contributed by atoms with van der Waals surface area (Å²) >= 11 is 0. The van der Waals surface area contributed by atoms with Crippen molar-refractivity contribution in [3.63, 3.8) is 0 Å². The average Bonchev–Trinajstić information content (AvgIpc) is 2.81. The lowest BCUT2D eigenvalue weighted by Crippen LogP contribution is -2.32. The Labute approximate surface area is 110 Å². The maximum Gasteiger partial charge on any atom is 0.320 e. The molecule has 0 aromatic carbocycles. The molecule has 0 aliphatic carbocycles. The molecule has 0 spiro atoms. The first-order valence-corrected chi connectivity index (χ1v) is 5.97. The van der Waals surface area contributed by atoms with Crippen LogP contribution in [0.1, 0.15) is 25.0 Å². The SMILES string of the molecule is COC(=O)CCCCn1cc(C[C@H](N)C(=O)O)nn1. The average molecular weight is 270 g/mol. The highest BCUT2D eigenvalue weighted by Gasteiger charge is 2.14. The Morgan fingerprint density at radius 2 is 2.26 bits per heavy atom. The summed E-state index contributed by atoms with van der Waals surface area (Å²) in [5.74, 6) is -1.29. The maximum atomic E-state index is 10.9. The van der Waals surface area contributed by atoms with Gasteiger partial charge < -0.3 is 15.6 Å². The van der Waals surface area contributed by atoms with Crippen molar-refractivity contribution in [2.24, 2.45) is 5.73 Å². The highest BCUT2D eigenvalue weighted by Crippen LogP contribution is 2.02. The minimum absolute atomic E-state index is 0.150. The zero-order chi connectivity index (χ0) is 14.3. The van der Waals surface area contributed by atoms with Crippen LogP contribution in [0.25, 0.3) is 0 Å². The van der Waals surface area contributed by atoms with E-state index in [1.54, 1.807) is 10.9 Å².